The minimum Gasteiger partial charge on any atom is -0.339 e. The molecule has 7 heteroatoms. The van der Waals surface area contributed by atoms with Gasteiger partial charge in [0.2, 0.25) is 0 Å². The standard InChI is InChI=1S/C19H16F2N4O/c1-11-3-4-13(9-12(11)2)23-19(26)17-7-8-18(25-24-17)22-14-5-6-15(20)16(21)10-14/h3-10H,1-2H3,(H,22,25)(H,23,26). The quantitative estimate of drug-likeness (QED) is 0.730. The van der Waals surface area contributed by atoms with Crippen molar-refractivity contribution in [1.29, 1.82) is 0 Å². The van der Waals surface area contributed by atoms with Crippen LogP contribution in [-0.4, -0.2) is 16.1 Å². The van der Waals surface area contributed by atoms with Gasteiger partial charge in [-0.2, -0.15) is 0 Å². The maximum Gasteiger partial charge on any atom is 0.276 e. The summed E-state index contributed by atoms with van der Waals surface area (Å²) in [6.45, 7) is 3.95. The lowest BCUT2D eigenvalue weighted by Crippen LogP contribution is -2.14. The average molecular weight is 354 g/mol. The van der Waals surface area contributed by atoms with Crippen molar-refractivity contribution in [2.45, 2.75) is 13.8 Å². The summed E-state index contributed by atoms with van der Waals surface area (Å²) in [5.41, 5.74) is 3.34. The number of hydrogen-bond donors (Lipinski definition) is 2. The van der Waals surface area contributed by atoms with E-state index in [2.05, 4.69) is 20.8 Å². The first-order valence-corrected chi connectivity index (χ1v) is 7.87. The number of aromatic nitrogens is 2. The molecule has 0 radical (unpaired) electrons. The van der Waals surface area contributed by atoms with Crippen LogP contribution in [0.1, 0.15) is 21.6 Å². The fourth-order valence-corrected chi connectivity index (χ4v) is 2.26. The summed E-state index contributed by atoms with van der Waals surface area (Å²) in [5.74, 6) is -1.98. The van der Waals surface area contributed by atoms with Crippen molar-refractivity contribution < 1.29 is 13.6 Å². The number of carbonyl (C=O) groups excluding carboxylic acids is 1. The van der Waals surface area contributed by atoms with Crippen molar-refractivity contribution in [1.82, 2.24) is 10.2 Å². The highest BCUT2D eigenvalue weighted by atomic mass is 19.2. The molecule has 3 aromatic rings. The molecule has 0 fully saturated rings. The first kappa shape index (κ1) is 17.5. The van der Waals surface area contributed by atoms with Gasteiger partial charge in [-0.25, -0.2) is 8.78 Å². The van der Waals surface area contributed by atoms with Gasteiger partial charge in [0.25, 0.3) is 5.91 Å². The summed E-state index contributed by atoms with van der Waals surface area (Å²) in [6, 6.07) is 12.0. The molecule has 5 nitrogen and oxygen atoms in total. The van der Waals surface area contributed by atoms with Crippen molar-refractivity contribution in [3.8, 4) is 0 Å². The maximum absolute atomic E-state index is 13.2. The minimum absolute atomic E-state index is 0.138. The summed E-state index contributed by atoms with van der Waals surface area (Å²) >= 11 is 0. The zero-order valence-corrected chi connectivity index (χ0v) is 14.2. The summed E-state index contributed by atoms with van der Waals surface area (Å²) in [7, 11) is 0. The van der Waals surface area contributed by atoms with Crippen molar-refractivity contribution in [2.24, 2.45) is 0 Å². The van der Waals surface area contributed by atoms with Crippen molar-refractivity contribution in [2.75, 3.05) is 10.6 Å². The Balaban J connectivity index is 1.69. The van der Waals surface area contributed by atoms with Gasteiger partial charge < -0.3 is 10.6 Å². The number of amides is 1. The third kappa shape index (κ3) is 4.00. The van der Waals surface area contributed by atoms with Crippen molar-refractivity contribution >= 4 is 23.1 Å². The van der Waals surface area contributed by atoms with E-state index >= 15 is 0 Å². The Morgan fingerprint density at radius 1 is 0.846 bits per heavy atom. The van der Waals surface area contributed by atoms with Gasteiger partial charge in [-0.05, 0) is 61.4 Å². The van der Waals surface area contributed by atoms with E-state index in [-0.39, 0.29) is 11.6 Å². The lowest BCUT2D eigenvalue weighted by molar-refractivity contribution is 0.102. The smallest absolute Gasteiger partial charge is 0.276 e. The second-order valence-corrected chi connectivity index (χ2v) is 5.81. The highest BCUT2D eigenvalue weighted by Crippen LogP contribution is 2.18. The second-order valence-electron chi connectivity index (χ2n) is 5.81. The molecule has 0 unspecified atom stereocenters. The zero-order valence-electron chi connectivity index (χ0n) is 14.2. The van der Waals surface area contributed by atoms with E-state index in [1.54, 1.807) is 0 Å². The number of nitrogens with one attached hydrogen (secondary N) is 2. The Labute approximate surface area is 149 Å². The van der Waals surface area contributed by atoms with E-state index in [1.165, 1.54) is 18.2 Å². The summed E-state index contributed by atoms with van der Waals surface area (Å²) in [4.78, 5) is 12.2. The molecular weight excluding hydrogens is 338 g/mol. The van der Waals surface area contributed by atoms with Gasteiger partial charge in [0.1, 0.15) is 0 Å². The van der Waals surface area contributed by atoms with E-state index < -0.39 is 11.6 Å². The van der Waals surface area contributed by atoms with E-state index in [9.17, 15) is 13.6 Å². The second kappa shape index (κ2) is 7.26. The Hall–Kier alpha value is -3.35. The third-order valence-electron chi connectivity index (χ3n) is 3.85. The predicted molar refractivity (Wildman–Crippen MR) is 95.5 cm³/mol. The Morgan fingerprint density at radius 2 is 1.62 bits per heavy atom. The molecule has 0 aliphatic carbocycles. The molecule has 0 bridgehead atoms. The largest absolute Gasteiger partial charge is 0.339 e. The molecule has 3 rings (SSSR count). The van der Waals surface area contributed by atoms with Crippen LogP contribution >= 0.6 is 0 Å². The summed E-state index contributed by atoms with van der Waals surface area (Å²) in [6.07, 6.45) is 0. The Morgan fingerprint density at radius 3 is 2.27 bits per heavy atom. The topological polar surface area (TPSA) is 66.9 Å². The number of carbonyl (C=O) groups is 1. The first-order valence-electron chi connectivity index (χ1n) is 7.87. The molecular formula is C19H16F2N4O. The summed E-state index contributed by atoms with van der Waals surface area (Å²) < 4.78 is 26.1. The lowest BCUT2D eigenvalue weighted by Gasteiger charge is -2.08. The molecule has 0 saturated heterocycles. The van der Waals surface area contributed by atoms with E-state index in [4.69, 9.17) is 0 Å². The Bertz CT molecular complexity index is 958. The van der Waals surface area contributed by atoms with Gasteiger partial charge in [0.15, 0.2) is 23.1 Å². The zero-order chi connectivity index (χ0) is 18.7. The van der Waals surface area contributed by atoms with Crippen molar-refractivity contribution in [3.05, 3.63) is 77.0 Å². The van der Waals surface area contributed by atoms with Gasteiger partial charge in [-0.3, -0.25) is 4.79 Å². The minimum atomic E-state index is -0.965. The fourth-order valence-electron chi connectivity index (χ4n) is 2.26. The number of nitrogens with zero attached hydrogens (tertiary/aromatic N) is 2. The fraction of sp³-hybridized carbons (Fsp3) is 0.105. The number of anilines is 3. The van der Waals surface area contributed by atoms with Crippen LogP contribution in [0.15, 0.2) is 48.5 Å². The molecule has 0 aliphatic rings. The van der Waals surface area contributed by atoms with Crippen LogP contribution in [0, 0.1) is 25.5 Å². The molecule has 1 aromatic heterocycles. The molecule has 0 saturated carbocycles. The molecule has 2 N–H and O–H groups in total. The molecule has 132 valence electrons. The van der Waals surface area contributed by atoms with Gasteiger partial charge in [0, 0.05) is 17.4 Å². The third-order valence-corrected chi connectivity index (χ3v) is 3.85. The number of halogens is 2. The van der Waals surface area contributed by atoms with Gasteiger partial charge >= 0.3 is 0 Å². The number of rotatable bonds is 4. The lowest BCUT2D eigenvalue weighted by atomic mass is 10.1. The van der Waals surface area contributed by atoms with Gasteiger partial charge in [-0.15, -0.1) is 10.2 Å². The van der Waals surface area contributed by atoms with E-state index in [0.29, 0.717) is 17.2 Å². The van der Waals surface area contributed by atoms with Crippen LogP contribution in [0.4, 0.5) is 26.0 Å². The maximum atomic E-state index is 13.2. The van der Waals surface area contributed by atoms with Gasteiger partial charge in [0.05, 0.1) is 0 Å². The molecule has 1 amide bonds. The van der Waals surface area contributed by atoms with Crippen LogP contribution in [0.5, 0.6) is 0 Å². The first-order chi connectivity index (χ1) is 12.4. The monoisotopic (exact) mass is 354 g/mol. The van der Waals surface area contributed by atoms with Crippen LogP contribution in [0.2, 0.25) is 0 Å². The number of aryl methyl sites for hydroxylation is 2. The highest BCUT2D eigenvalue weighted by molar-refractivity contribution is 6.02. The molecule has 2 aromatic carbocycles. The predicted octanol–water partition coefficient (Wildman–Crippen LogP) is 4.37. The molecule has 1 heterocycles. The normalized spacial score (nSPS) is 10.5. The molecule has 0 aliphatic heterocycles. The molecule has 26 heavy (non-hydrogen) atoms. The number of hydrogen-bond acceptors (Lipinski definition) is 4. The van der Waals surface area contributed by atoms with Crippen molar-refractivity contribution in [3.63, 3.8) is 0 Å². The number of benzene rings is 2. The summed E-state index contributed by atoms with van der Waals surface area (Å²) in [5, 5.41) is 13.3. The van der Waals surface area contributed by atoms with Crippen LogP contribution in [0.3, 0.4) is 0 Å². The van der Waals surface area contributed by atoms with Crippen LogP contribution in [-0.2, 0) is 0 Å². The Kier molecular flexibility index (Phi) is 4.88. The van der Waals surface area contributed by atoms with Gasteiger partial charge in [-0.1, -0.05) is 6.07 Å². The van der Waals surface area contributed by atoms with E-state index in [1.807, 2.05) is 32.0 Å². The SMILES string of the molecule is Cc1ccc(NC(=O)c2ccc(Nc3ccc(F)c(F)c3)nn2)cc1C. The van der Waals surface area contributed by atoms with E-state index in [0.717, 1.165) is 23.3 Å². The molecule has 0 spiro atoms. The molecule has 0 atom stereocenters. The van der Waals surface area contributed by atoms with Crippen LogP contribution in [0.25, 0.3) is 0 Å². The van der Waals surface area contributed by atoms with Crippen LogP contribution < -0.4 is 10.6 Å². The average Bonchev–Trinajstić information content (AvgIpc) is 2.62. The highest BCUT2D eigenvalue weighted by Gasteiger charge is 2.10.